The van der Waals surface area contributed by atoms with E-state index in [-0.39, 0.29) is 21.6 Å². The summed E-state index contributed by atoms with van der Waals surface area (Å²) >= 11 is 0. The SMILES string of the molecule is O=S(=O)(NC1CC1)c1cccc(S(=O)(=O)Oc2cccnc2)c1. The van der Waals surface area contributed by atoms with E-state index in [1.54, 1.807) is 0 Å². The van der Waals surface area contributed by atoms with E-state index in [0.29, 0.717) is 0 Å². The second-order valence-corrected chi connectivity index (χ2v) is 8.36. The van der Waals surface area contributed by atoms with Gasteiger partial charge in [0.15, 0.2) is 5.75 Å². The van der Waals surface area contributed by atoms with Crippen LogP contribution in [0.25, 0.3) is 0 Å². The molecule has 0 atom stereocenters. The maximum atomic E-state index is 12.3. The molecule has 1 saturated carbocycles. The van der Waals surface area contributed by atoms with Gasteiger partial charge in [-0.15, -0.1) is 0 Å². The number of nitrogens with one attached hydrogen (secondary N) is 1. The molecule has 1 N–H and O–H groups in total. The summed E-state index contributed by atoms with van der Waals surface area (Å²) in [5, 5.41) is 0. The van der Waals surface area contributed by atoms with Crippen LogP contribution in [0, 0.1) is 0 Å². The molecule has 7 nitrogen and oxygen atoms in total. The van der Waals surface area contributed by atoms with Crippen molar-refractivity contribution >= 4 is 20.1 Å². The Labute approximate surface area is 134 Å². The smallest absolute Gasteiger partial charge is 0.339 e. The summed E-state index contributed by atoms with van der Waals surface area (Å²) < 4.78 is 56.3. The van der Waals surface area contributed by atoms with Gasteiger partial charge in [-0.2, -0.15) is 8.42 Å². The van der Waals surface area contributed by atoms with Gasteiger partial charge >= 0.3 is 10.1 Å². The Hall–Kier alpha value is -1.97. The Morgan fingerprint density at radius 3 is 2.43 bits per heavy atom. The van der Waals surface area contributed by atoms with Crippen LogP contribution in [0.15, 0.2) is 58.6 Å². The number of aromatic nitrogens is 1. The first-order valence-electron chi connectivity index (χ1n) is 6.84. The average molecular weight is 354 g/mol. The molecule has 0 aliphatic heterocycles. The lowest BCUT2D eigenvalue weighted by molar-refractivity contribution is 0.484. The van der Waals surface area contributed by atoms with Crippen LogP contribution in [0.5, 0.6) is 5.75 Å². The van der Waals surface area contributed by atoms with Gasteiger partial charge in [-0.1, -0.05) is 6.07 Å². The zero-order chi connectivity index (χ0) is 16.5. The predicted molar refractivity (Wildman–Crippen MR) is 81.8 cm³/mol. The van der Waals surface area contributed by atoms with Crippen molar-refractivity contribution in [3.63, 3.8) is 0 Å². The Morgan fingerprint density at radius 1 is 1.04 bits per heavy atom. The lowest BCUT2D eigenvalue weighted by Crippen LogP contribution is -2.26. The molecule has 3 rings (SSSR count). The first-order valence-corrected chi connectivity index (χ1v) is 9.73. The number of benzene rings is 1. The number of sulfonamides is 1. The number of hydrogen-bond acceptors (Lipinski definition) is 6. The Balaban J connectivity index is 1.89. The summed E-state index contributed by atoms with van der Waals surface area (Å²) in [6.45, 7) is 0. The molecule has 1 fully saturated rings. The van der Waals surface area contributed by atoms with Gasteiger partial charge in [-0.3, -0.25) is 4.98 Å². The second kappa shape index (κ2) is 5.91. The van der Waals surface area contributed by atoms with E-state index in [4.69, 9.17) is 4.18 Å². The maximum Gasteiger partial charge on any atom is 0.339 e. The van der Waals surface area contributed by atoms with Gasteiger partial charge in [0.1, 0.15) is 4.90 Å². The highest BCUT2D eigenvalue weighted by Gasteiger charge is 2.29. The van der Waals surface area contributed by atoms with Crippen molar-refractivity contribution in [1.82, 2.24) is 9.71 Å². The van der Waals surface area contributed by atoms with Crippen LogP contribution in [-0.4, -0.2) is 27.9 Å². The lowest BCUT2D eigenvalue weighted by atomic mass is 10.4. The number of nitrogens with zero attached hydrogens (tertiary/aromatic N) is 1. The van der Waals surface area contributed by atoms with Crippen LogP contribution in [0.4, 0.5) is 0 Å². The van der Waals surface area contributed by atoms with Crippen molar-refractivity contribution in [3.8, 4) is 5.75 Å². The highest BCUT2D eigenvalue weighted by molar-refractivity contribution is 7.89. The zero-order valence-electron chi connectivity index (χ0n) is 11.9. The van der Waals surface area contributed by atoms with Crippen molar-refractivity contribution < 1.29 is 21.0 Å². The quantitative estimate of drug-likeness (QED) is 0.784. The van der Waals surface area contributed by atoms with Crippen LogP contribution in [0.2, 0.25) is 0 Å². The number of rotatable bonds is 6. The van der Waals surface area contributed by atoms with E-state index in [0.717, 1.165) is 18.9 Å². The van der Waals surface area contributed by atoms with Crippen LogP contribution >= 0.6 is 0 Å². The predicted octanol–water partition coefficient (Wildman–Crippen LogP) is 1.29. The van der Waals surface area contributed by atoms with E-state index in [1.807, 2.05) is 0 Å². The molecule has 0 saturated heterocycles. The monoisotopic (exact) mass is 354 g/mol. The first kappa shape index (κ1) is 15.9. The molecule has 9 heteroatoms. The number of hydrogen-bond donors (Lipinski definition) is 1. The lowest BCUT2D eigenvalue weighted by Gasteiger charge is -2.09. The number of pyridine rings is 1. The van der Waals surface area contributed by atoms with E-state index in [2.05, 4.69) is 9.71 Å². The molecule has 1 aliphatic rings. The summed E-state index contributed by atoms with van der Waals surface area (Å²) in [6, 6.07) is 7.98. The van der Waals surface area contributed by atoms with Crippen LogP contribution in [0.1, 0.15) is 12.8 Å². The Kier molecular flexibility index (Phi) is 4.09. The van der Waals surface area contributed by atoms with Gasteiger partial charge < -0.3 is 4.18 Å². The zero-order valence-corrected chi connectivity index (χ0v) is 13.5. The fourth-order valence-corrected chi connectivity index (χ4v) is 4.25. The van der Waals surface area contributed by atoms with Crippen LogP contribution < -0.4 is 8.91 Å². The molecular formula is C14H14N2O5S2. The van der Waals surface area contributed by atoms with Gasteiger partial charge in [-0.25, -0.2) is 13.1 Å². The molecule has 1 aromatic carbocycles. The average Bonchev–Trinajstić information content (AvgIpc) is 3.31. The minimum Gasteiger partial charge on any atom is -0.377 e. The molecule has 1 aliphatic carbocycles. The molecule has 0 radical (unpaired) electrons. The van der Waals surface area contributed by atoms with Gasteiger partial charge in [0, 0.05) is 12.2 Å². The molecule has 0 bridgehead atoms. The maximum absolute atomic E-state index is 12.3. The van der Waals surface area contributed by atoms with Crippen LogP contribution in [0.3, 0.4) is 0 Å². The van der Waals surface area contributed by atoms with Crippen molar-refractivity contribution in [1.29, 1.82) is 0 Å². The summed E-state index contributed by atoms with van der Waals surface area (Å²) in [5.74, 6) is 0.0527. The highest BCUT2D eigenvalue weighted by atomic mass is 32.2. The molecule has 23 heavy (non-hydrogen) atoms. The molecule has 122 valence electrons. The van der Waals surface area contributed by atoms with Crippen molar-refractivity contribution in [3.05, 3.63) is 48.8 Å². The fraction of sp³-hybridized carbons (Fsp3) is 0.214. The van der Waals surface area contributed by atoms with Crippen molar-refractivity contribution in [2.24, 2.45) is 0 Å². The van der Waals surface area contributed by atoms with E-state index in [9.17, 15) is 16.8 Å². The molecule has 1 aromatic heterocycles. The summed E-state index contributed by atoms with van der Waals surface area (Å²) in [6.07, 6.45) is 4.33. The topological polar surface area (TPSA) is 102 Å². The molecule has 1 heterocycles. The molecular weight excluding hydrogens is 340 g/mol. The van der Waals surface area contributed by atoms with Gasteiger partial charge in [0.2, 0.25) is 10.0 Å². The summed E-state index contributed by atoms with van der Waals surface area (Å²) in [5.41, 5.74) is 0. The van der Waals surface area contributed by atoms with E-state index in [1.165, 1.54) is 42.7 Å². The summed E-state index contributed by atoms with van der Waals surface area (Å²) in [4.78, 5) is 3.42. The normalized spacial score (nSPS) is 15.3. The first-order chi connectivity index (χ1) is 10.9. The third kappa shape index (κ3) is 3.87. The molecule has 2 aromatic rings. The molecule has 0 spiro atoms. The van der Waals surface area contributed by atoms with Crippen molar-refractivity contribution in [2.45, 2.75) is 28.7 Å². The third-order valence-corrected chi connectivity index (χ3v) is 5.91. The third-order valence-electron chi connectivity index (χ3n) is 3.14. The Morgan fingerprint density at radius 2 is 1.78 bits per heavy atom. The summed E-state index contributed by atoms with van der Waals surface area (Å²) in [7, 11) is -7.88. The minimum atomic E-state index is -4.14. The molecule has 0 amide bonds. The fourth-order valence-electron chi connectivity index (χ4n) is 1.86. The van der Waals surface area contributed by atoms with Gasteiger partial charge in [-0.05, 0) is 43.2 Å². The second-order valence-electron chi connectivity index (χ2n) is 5.10. The highest BCUT2D eigenvalue weighted by Crippen LogP contribution is 2.24. The van der Waals surface area contributed by atoms with Gasteiger partial charge in [0.05, 0.1) is 11.1 Å². The Bertz CT molecular complexity index is 907. The van der Waals surface area contributed by atoms with E-state index >= 15 is 0 Å². The largest absolute Gasteiger partial charge is 0.377 e. The molecule has 0 unspecified atom stereocenters. The van der Waals surface area contributed by atoms with Gasteiger partial charge in [0.25, 0.3) is 0 Å². The van der Waals surface area contributed by atoms with Crippen molar-refractivity contribution in [2.75, 3.05) is 0 Å². The van der Waals surface area contributed by atoms with E-state index < -0.39 is 20.1 Å². The van der Waals surface area contributed by atoms with Crippen LogP contribution in [-0.2, 0) is 20.1 Å². The standard InChI is InChI=1S/C14H14N2O5S2/c17-22(18,16-11-6-7-11)13-4-1-5-14(9-13)23(19,20)21-12-3-2-8-15-10-12/h1-5,8-11,16H,6-7H2. The minimum absolute atomic E-state index is 0.0527.